The van der Waals surface area contributed by atoms with E-state index in [0.717, 1.165) is 30.6 Å². The van der Waals surface area contributed by atoms with Crippen molar-refractivity contribution in [3.05, 3.63) is 62.6 Å². The van der Waals surface area contributed by atoms with Gasteiger partial charge in [-0.25, -0.2) is 0 Å². The van der Waals surface area contributed by atoms with E-state index in [1.165, 1.54) is 18.2 Å². The Morgan fingerprint density at radius 2 is 2.23 bits per heavy atom. The second-order valence-electron chi connectivity index (χ2n) is 5.11. The third kappa shape index (κ3) is 2.57. The SMILES string of the molecule is O=C(N[C@@H]1CCCc2occc21)c1c(Cl)cccc1[N+](=O)[O-]. The van der Waals surface area contributed by atoms with E-state index in [-0.39, 0.29) is 22.3 Å². The van der Waals surface area contributed by atoms with Gasteiger partial charge in [0.15, 0.2) is 0 Å². The van der Waals surface area contributed by atoms with Gasteiger partial charge in [0.2, 0.25) is 0 Å². The Morgan fingerprint density at radius 3 is 3.00 bits per heavy atom. The Balaban J connectivity index is 1.90. The quantitative estimate of drug-likeness (QED) is 0.691. The van der Waals surface area contributed by atoms with Crippen molar-refractivity contribution in [2.24, 2.45) is 0 Å². The molecular weight excluding hydrogens is 308 g/mol. The third-order valence-corrected chi connectivity index (χ3v) is 4.09. The number of hydrogen-bond acceptors (Lipinski definition) is 4. The van der Waals surface area contributed by atoms with Crippen LogP contribution < -0.4 is 5.32 Å². The minimum absolute atomic E-state index is 0.0647. The fourth-order valence-corrected chi connectivity index (χ4v) is 3.01. The number of carbonyl (C=O) groups excluding carboxylic acids is 1. The first-order valence-corrected chi connectivity index (χ1v) is 7.25. The first-order chi connectivity index (χ1) is 10.6. The summed E-state index contributed by atoms with van der Waals surface area (Å²) in [6.45, 7) is 0. The number of rotatable bonds is 3. The molecule has 1 aromatic carbocycles. The summed E-state index contributed by atoms with van der Waals surface area (Å²) in [5, 5.41) is 14.0. The molecule has 0 unspecified atom stereocenters. The van der Waals surface area contributed by atoms with Crippen molar-refractivity contribution in [1.29, 1.82) is 0 Å². The molecule has 1 aliphatic rings. The van der Waals surface area contributed by atoms with Gasteiger partial charge in [0, 0.05) is 18.1 Å². The molecule has 7 heteroatoms. The van der Waals surface area contributed by atoms with Crippen molar-refractivity contribution in [3.63, 3.8) is 0 Å². The maximum atomic E-state index is 12.5. The molecule has 2 aromatic rings. The first-order valence-electron chi connectivity index (χ1n) is 6.88. The Labute approximate surface area is 131 Å². The van der Waals surface area contributed by atoms with E-state index in [1.54, 1.807) is 6.26 Å². The van der Waals surface area contributed by atoms with E-state index in [4.69, 9.17) is 16.0 Å². The van der Waals surface area contributed by atoms with Gasteiger partial charge >= 0.3 is 0 Å². The summed E-state index contributed by atoms with van der Waals surface area (Å²) < 4.78 is 5.37. The summed E-state index contributed by atoms with van der Waals surface area (Å²) in [6, 6.07) is 5.79. The number of fused-ring (bicyclic) bond motifs is 1. The molecule has 0 saturated heterocycles. The van der Waals surface area contributed by atoms with Gasteiger partial charge in [-0.05, 0) is 25.0 Å². The third-order valence-electron chi connectivity index (χ3n) is 3.77. The highest BCUT2D eigenvalue weighted by atomic mass is 35.5. The van der Waals surface area contributed by atoms with E-state index in [0.29, 0.717) is 0 Å². The number of carbonyl (C=O) groups is 1. The molecule has 0 aliphatic heterocycles. The molecule has 3 rings (SSSR count). The highest BCUT2D eigenvalue weighted by Crippen LogP contribution is 2.32. The van der Waals surface area contributed by atoms with Crippen LogP contribution in [0.25, 0.3) is 0 Å². The highest BCUT2D eigenvalue weighted by Gasteiger charge is 2.28. The number of nitro groups is 1. The van der Waals surface area contributed by atoms with Crippen molar-refractivity contribution in [1.82, 2.24) is 5.32 Å². The number of furan rings is 1. The molecule has 0 spiro atoms. The smallest absolute Gasteiger partial charge is 0.283 e. The Hall–Kier alpha value is -2.34. The average molecular weight is 321 g/mol. The summed E-state index contributed by atoms with van der Waals surface area (Å²) in [5.41, 5.74) is 0.521. The van der Waals surface area contributed by atoms with Crippen LogP contribution in [0.3, 0.4) is 0 Å². The molecule has 114 valence electrons. The fourth-order valence-electron chi connectivity index (χ4n) is 2.76. The first kappa shape index (κ1) is 14.6. The molecule has 1 amide bonds. The number of nitrogens with one attached hydrogen (secondary N) is 1. The summed E-state index contributed by atoms with van der Waals surface area (Å²) in [7, 11) is 0. The number of nitrogens with zero attached hydrogens (tertiary/aromatic N) is 1. The standard InChI is InChI=1S/C15H13ClN2O4/c16-10-3-1-5-12(18(20)21)14(10)15(19)17-11-4-2-6-13-9(11)7-8-22-13/h1,3,5,7-8,11H,2,4,6H2,(H,17,19)/t11-/m1/s1. The number of hydrogen-bond donors (Lipinski definition) is 1. The fraction of sp³-hybridized carbons (Fsp3) is 0.267. The van der Waals surface area contributed by atoms with E-state index in [1.807, 2.05) is 6.07 Å². The lowest BCUT2D eigenvalue weighted by Crippen LogP contribution is -2.31. The molecule has 1 aliphatic carbocycles. The predicted octanol–water partition coefficient (Wildman–Crippen LogP) is 3.65. The van der Waals surface area contributed by atoms with Crippen LogP contribution in [0.2, 0.25) is 5.02 Å². The van der Waals surface area contributed by atoms with E-state index >= 15 is 0 Å². The van der Waals surface area contributed by atoms with Crippen LogP contribution in [-0.2, 0) is 6.42 Å². The highest BCUT2D eigenvalue weighted by molar-refractivity contribution is 6.34. The molecule has 22 heavy (non-hydrogen) atoms. The minimum Gasteiger partial charge on any atom is -0.469 e. The number of aryl methyl sites for hydroxylation is 1. The Bertz CT molecular complexity index is 741. The van der Waals surface area contributed by atoms with Crippen LogP contribution in [-0.4, -0.2) is 10.8 Å². The normalized spacial score (nSPS) is 16.9. The number of amides is 1. The topological polar surface area (TPSA) is 85.4 Å². The summed E-state index contributed by atoms with van der Waals surface area (Å²) in [4.78, 5) is 22.9. The van der Waals surface area contributed by atoms with Gasteiger partial charge in [0.1, 0.15) is 11.3 Å². The van der Waals surface area contributed by atoms with Crippen molar-refractivity contribution in [3.8, 4) is 0 Å². The second kappa shape index (κ2) is 5.81. The molecule has 1 aromatic heterocycles. The van der Waals surface area contributed by atoms with Crippen molar-refractivity contribution in [2.45, 2.75) is 25.3 Å². The number of halogens is 1. The molecule has 0 radical (unpaired) electrons. The van der Waals surface area contributed by atoms with Gasteiger partial charge < -0.3 is 9.73 Å². The zero-order valence-corrected chi connectivity index (χ0v) is 12.3. The van der Waals surface area contributed by atoms with Crippen LogP contribution in [0.1, 0.15) is 40.6 Å². The van der Waals surface area contributed by atoms with Crippen LogP contribution >= 0.6 is 11.6 Å². The van der Waals surface area contributed by atoms with Crippen molar-refractivity contribution < 1.29 is 14.1 Å². The van der Waals surface area contributed by atoms with Crippen LogP contribution in [0, 0.1) is 10.1 Å². The number of nitro benzene ring substituents is 1. The molecule has 0 fully saturated rings. The Kier molecular flexibility index (Phi) is 3.85. The molecule has 1 atom stereocenters. The van der Waals surface area contributed by atoms with Gasteiger partial charge in [0.05, 0.1) is 22.3 Å². The molecule has 0 saturated carbocycles. The molecule has 0 bridgehead atoms. The Morgan fingerprint density at radius 1 is 1.41 bits per heavy atom. The summed E-state index contributed by atoms with van der Waals surface area (Å²) in [6.07, 6.45) is 4.07. The van der Waals surface area contributed by atoms with Gasteiger partial charge in [-0.1, -0.05) is 17.7 Å². The lowest BCUT2D eigenvalue weighted by molar-refractivity contribution is -0.385. The van der Waals surface area contributed by atoms with E-state index in [2.05, 4.69) is 5.32 Å². The van der Waals surface area contributed by atoms with Crippen molar-refractivity contribution >= 4 is 23.2 Å². The maximum Gasteiger partial charge on any atom is 0.283 e. The zero-order chi connectivity index (χ0) is 15.7. The van der Waals surface area contributed by atoms with Gasteiger partial charge in [0.25, 0.3) is 11.6 Å². The average Bonchev–Trinajstić information content (AvgIpc) is 2.96. The largest absolute Gasteiger partial charge is 0.469 e. The predicted molar refractivity (Wildman–Crippen MR) is 80.0 cm³/mol. The minimum atomic E-state index is -0.606. The lowest BCUT2D eigenvalue weighted by atomic mass is 9.93. The second-order valence-corrected chi connectivity index (χ2v) is 5.52. The van der Waals surface area contributed by atoms with Gasteiger partial charge in [-0.3, -0.25) is 14.9 Å². The van der Waals surface area contributed by atoms with Gasteiger partial charge in [-0.15, -0.1) is 0 Å². The summed E-state index contributed by atoms with van der Waals surface area (Å²) in [5.74, 6) is 0.307. The monoisotopic (exact) mass is 320 g/mol. The van der Waals surface area contributed by atoms with Crippen LogP contribution in [0.4, 0.5) is 5.69 Å². The van der Waals surface area contributed by atoms with Crippen molar-refractivity contribution in [2.75, 3.05) is 0 Å². The molecule has 1 N–H and O–H groups in total. The maximum absolute atomic E-state index is 12.5. The molecular formula is C15H13ClN2O4. The zero-order valence-electron chi connectivity index (χ0n) is 11.5. The number of benzene rings is 1. The molecule has 1 heterocycles. The summed E-state index contributed by atoms with van der Waals surface area (Å²) >= 11 is 5.98. The van der Waals surface area contributed by atoms with Crippen LogP contribution in [0.15, 0.2) is 34.9 Å². The molecule has 6 nitrogen and oxygen atoms in total. The van der Waals surface area contributed by atoms with Gasteiger partial charge in [-0.2, -0.15) is 0 Å². The van der Waals surface area contributed by atoms with E-state index in [9.17, 15) is 14.9 Å². The lowest BCUT2D eigenvalue weighted by Gasteiger charge is -2.22. The van der Waals surface area contributed by atoms with E-state index < -0.39 is 10.8 Å². The van der Waals surface area contributed by atoms with Crippen LogP contribution in [0.5, 0.6) is 0 Å².